The Hall–Kier alpha value is -1.36. The maximum atomic E-state index is 11.7. The van der Waals surface area contributed by atoms with Gasteiger partial charge in [0.05, 0.1) is 12.0 Å². The highest BCUT2D eigenvalue weighted by molar-refractivity contribution is 5.78. The number of amides is 1. The zero-order valence-electron chi connectivity index (χ0n) is 11.7. The van der Waals surface area contributed by atoms with Gasteiger partial charge in [0, 0.05) is 13.1 Å². The van der Waals surface area contributed by atoms with E-state index in [2.05, 4.69) is 11.9 Å². The van der Waals surface area contributed by atoms with E-state index in [9.17, 15) is 14.7 Å². The summed E-state index contributed by atoms with van der Waals surface area (Å²) >= 11 is 0. The number of rotatable bonds is 7. The molecule has 1 fully saturated rings. The number of piperidine rings is 1. The number of carboxylic acids is 1. The van der Waals surface area contributed by atoms with E-state index in [0.29, 0.717) is 25.9 Å². The summed E-state index contributed by atoms with van der Waals surface area (Å²) in [5.74, 6) is -0.803. The van der Waals surface area contributed by atoms with Crippen molar-refractivity contribution in [2.45, 2.75) is 32.6 Å². The minimum absolute atomic E-state index is 0.0717. The molecule has 1 unspecified atom stereocenters. The fourth-order valence-electron chi connectivity index (χ4n) is 2.77. The average Bonchev–Trinajstić information content (AvgIpc) is 2.37. The summed E-state index contributed by atoms with van der Waals surface area (Å²) in [6.45, 7) is 7.53. The fourth-order valence-corrected chi connectivity index (χ4v) is 2.77. The lowest BCUT2D eigenvalue weighted by Crippen LogP contribution is -2.50. The van der Waals surface area contributed by atoms with E-state index in [1.807, 2.05) is 11.8 Å². The summed E-state index contributed by atoms with van der Waals surface area (Å²) in [4.78, 5) is 25.1. The molecule has 0 radical (unpaired) electrons. The first-order valence-corrected chi connectivity index (χ1v) is 6.87. The molecule has 1 amide bonds. The van der Waals surface area contributed by atoms with Crippen LogP contribution in [0.4, 0.5) is 0 Å². The van der Waals surface area contributed by atoms with Crippen molar-refractivity contribution in [2.24, 2.45) is 5.41 Å². The number of carboxylic acid groups (broad SMARTS) is 1. The number of aliphatic carboxylic acids is 1. The minimum Gasteiger partial charge on any atom is -0.481 e. The van der Waals surface area contributed by atoms with Gasteiger partial charge in [0.2, 0.25) is 5.91 Å². The van der Waals surface area contributed by atoms with Gasteiger partial charge in [-0.2, -0.15) is 0 Å². The Morgan fingerprint density at radius 2 is 2.26 bits per heavy atom. The van der Waals surface area contributed by atoms with Gasteiger partial charge in [0.1, 0.15) is 0 Å². The van der Waals surface area contributed by atoms with Gasteiger partial charge >= 0.3 is 5.97 Å². The van der Waals surface area contributed by atoms with Crippen LogP contribution in [0.25, 0.3) is 0 Å². The van der Waals surface area contributed by atoms with Crippen molar-refractivity contribution in [3.63, 3.8) is 0 Å². The molecule has 5 heteroatoms. The molecule has 19 heavy (non-hydrogen) atoms. The third-order valence-electron chi connectivity index (χ3n) is 3.65. The Bertz CT molecular complexity index is 340. The summed E-state index contributed by atoms with van der Waals surface area (Å²) in [5, 5.41) is 12.2. The van der Waals surface area contributed by atoms with Crippen LogP contribution in [0.3, 0.4) is 0 Å². The third kappa shape index (κ3) is 4.35. The van der Waals surface area contributed by atoms with Crippen LogP contribution in [0.1, 0.15) is 32.6 Å². The van der Waals surface area contributed by atoms with E-state index >= 15 is 0 Å². The Morgan fingerprint density at radius 1 is 1.53 bits per heavy atom. The van der Waals surface area contributed by atoms with E-state index in [1.165, 1.54) is 0 Å². The molecule has 0 aromatic heterocycles. The predicted octanol–water partition coefficient (Wildman–Crippen LogP) is 1.26. The monoisotopic (exact) mass is 268 g/mol. The molecule has 1 rings (SSSR count). The third-order valence-corrected chi connectivity index (χ3v) is 3.65. The normalized spacial score (nSPS) is 23.8. The zero-order chi connectivity index (χ0) is 14.3. The number of nitrogens with one attached hydrogen (secondary N) is 1. The van der Waals surface area contributed by atoms with Crippen molar-refractivity contribution in [1.82, 2.24) is 10.2 Å². The Labute approximate surface area is 114 Å². The number of hydrogen-bond acceptors (Lipinski definition) is 3. The average molecular weight is 268 g/mol. The fraction of sp³-hybridized carbons (Fsp3) is 0.714. The zero-order valence-corrected chi connectivity index (χ0v) is 11.7. The van der Waals surface area contributed by atoms with E-state index in [-0.39, 0.29) is 12.5 Å². The van der Waals surface area contributed by atoms with Crippen LogP contribution in [-0.4, -0.2) is 48.1 Å². The minimum atomic E-state index is -0.731. The molecular weight excluding hydrogens is 244 g/mol. The van der Waals surface area contributed by atoms with E-state index in [4.69, 9.17) is 0 Å². The summed E-state index contributed by atoms with van der Waals surface area (Å²) in [6.07, 6.45) is 4.70. The highest BCUT2D eigenvalue weighted by Crippen LogP contribution is 2.34. The molecule has 0 aromatic rings. The van der Waals surface area contributed by atoms with Crippen LogP contribution in [0.2, 0.25) is 0 Å². The number of likely N-dealkylation sites (tertiary alicyclic amines) is 1. The second-order valence-electron chi connectivity index (χ2n) is 5.24. The second-order valence-corrected chi connectivity index (χ2v) is 5.24. The first kappa shape index (κ1) is 15.7. The highest BCUT2D eigenvalue weighted by Gasteiger charge is 2.41. The van der Waals surface area contributed by atoms with Crippen molar-refractivity contribution in [3.8, 4) is 0 Å². The lowest BCUT2D eigenvalue weighted by molar-refractivity contribution is -0.154. The second kappa shape index (κ2) is 7.28. The molecule has 0 spiro atoms. The molecule has 1 atom stereocenters. The first-order valence-electron chi connectivity index (χ1n) is 6.87. The number of carbonyl (C=O) groups excluding carboxylic acids is 1. The topological polar surface area (TPSA) is 69.6 Å². The Balaban J connectivity index is 2.59. The lowest BCUT2D eigenvalue weighted by atomic mass is 9.76. The molecule has 0 saturated carbocycles. The van der Waals surface area contributed by atoms with E-state index < -0.39 is 11.4 Å². The van der Waals surface area contributed by atoms with Crippen molar-refractivity contribution in [1.29, 1.82) is 0 Å². The molecule has 1 heterocycles. The van der Waals surface area contributed by atoms with Gasteiger partial charge in [0.25, 0.3) is 0 Å². The summed E-state index contributed by atoms with van der Waals surface area (Å²) < 4.78 is 0. The van der Waals surface area contributed by atoms with Crippen LogP contribution in [0.15, 0.2) is 12.7 Å². The van der Waals surface area contributed by atoms with Gasteiger partial charge in [-0.05, 0) is 25.8 Å². The number of hydrogen-bond donors (Lipinski definition) is 2. The maximum absolute atomic E-state index is 11.7. The Morgan fingerprint density at radius 3 is 2.84 bits per heavy atom. The van der Waals surface area contributed by atoms with Crippen molar-refractivity contribution in [3.05, 3.63) is 12.7 Å². The van der Waals surface area contributed by atoms with Gasteiger partial charge in [-0.3, -0.25) is 14.5 Å². The summed E-state index contributed by atoms with van der Waals surface area (Å²) in [7, 11) is 0. The summed E-state index contributed by atoms with van der Waals surface area (Å²) in [6, 6.07) is 0. The molecular formula is C14H24N2O3. The van der Waals surface area contributed by atoms with Crippen LogP contribution in [0.5, 0.6) is 0 Å². The molecule has 108 valence electrons. The highest BCUT2D eigenvalue weighted by atomic mass is 16.4. The number of nitrogens with zero attached hydrogens (tertiary/aromatic N) is 1. The molecule has 0 aromatic carbocycles. The van der Waals surface area contributed by atoms with E-state index in [1.54, 1.807) is 6.08 Å². The largest absolute Gasteiger partial charge is 0.481 e. The molecule has 2 N–H and O–H groups in total. The van der Waals surface area contributed by atoms with Crippen molar-refractivity contribution in [2.75, 3.05) is 26.2 Å². The SMILES string of the molecule is C=CCNC(=O)CN1CCCC(CCC)(C(=O)O)C1. The quantitative estimate of drug-likeness (QED) is 0.682. The maximum Gasteiger partial charge on any atom is 0.310 e. The van der Waals surface area contributed by atoms with Crippen molar-refractivity contribution >= 4 is 11.9 Å². The smallest absolute Gasteiger partial charge is 0.310 e. The lowest BCUT2D eigenvalue weighted by Gasteiger charge is -2.39. The molecule has 1 aliphatic heterocycles. The van der Waals surface area contributed by atoms with Crippen LogP contribution in [-0.2, 0) is 9.59 Å². The standard InChI is InChI=1S/C14H24N2O3/c1-3-6-14(13(18)19)7-5-9-16(11-14)10-12(17)15-8-4-2/h4H,2-3,5-11H2,1H3,(H,15,17)(H,18,19). The van der Waals surface area contributed by atoms with Gasteiger partial charge in [-0.25, -0.2) is 0 Å². The van der Waals surface area contributed by atoms with Gasteiger partial charge in [-0.1, -0.05) is 19.4 Å². The Kier molecular flexibility index (Phi) is 6.02. The van der Waals surface area contributed by atoms with E-state index in [0.717, 1.165) is 19.4 Å². The molecule has 0 aliphatic carbocycles. The predicted molar refractivity (Wildman–Crippen MR) is 73.9 cm³/mol. The van der Waals surface area contributed by atoms with Gasteiger partial charge in [0.15, 0.2) is 0 Å². The van der Waals surface area contributed by atoms with Crippen LogP contribution in [0, 0.1) is 5.41 Å². The molecule has 5 nitrogen and oxygen atoms in total. The van der Waals surface area contributed by atoms with Crippen LogP contribution < -0.4 is 5.32 Å². The van der Waals surface area contributed by atoms with Crippen molar-refractivity contribution < 1.29 is 14.7 Å². The molecule has 0 bridgehead atoms. The number of carbonyl (C=O) groups is 2. The first-order chi connectivity index (χ1) is 9.04. The summed E-state index contributed by atoms with van der Waals surface area (Å²) in [5.41, 5.74) is -0.675. The van der Waals surface area contributed by atoms with Gasteiger partial charge < -0.3 is 10.4 Å². The van der Waals surface area contributed by atoms with Crippen LogP contribution >= 0.6 is 0 Å². The molecule has 1 aliphatic rings. The van der Waals surface area contributed by atoms with Gasteiger partial charge in [-0.15, -0.1) is 6.58 Å². The molecule has 1 saturated heterocycles.